The molecule has 1 atom stereocenters. The summed E-state index contributed by atoms with van der Waals surface area (Å²) in [4.78, 5) is 2.42. The van der Waals surface area contributed by atoms with E-state index in [9.17, 15) is 0 Å². The molecule has 2 nitrogen and oxygen atoms in total. The van der Waals surface area contributed by atoms with Gasteiger partial charge in [-0.15, -0.1) is 0 Å². The van der Waals surface area contributed by atoms with Crippen molar-refractivity contribution in [3.05, 3.63) is 24.2 Å². The summed E-state index contributed by atoms with van der Waals surface area (Å²) in [6.45, 7) is 2.21. The van der Waals surface area contributed by atoms with Gasteiger partial charge in [0, 0.05) is 6.04 Å². The second kappa shape index (κ2) is 3.54. The van der Waals surface area contributed by atoms with Gasteiger partial charge in [-0.25, -0.2) is 0 Å². The number of furan rings is 1. The molecule has 0 bridgehead atoms. The topological polar surface area (TPSA) is 16.4 Å². The monoisotopic (exact) mass is 179 g/mol. The summed E-state index contributed by atoms with van der Waals surface area (Å²) in [6.07, 6.45) is 5.84. The molecule has 1 saturated carbocycles. The molecule has 2 heteroatoms. The highest BCUT2D eigenvalue weighted by Crippen LogP contribution is 2.30. The van der Waals surface area contributed by atoms with Crippen molar-refractivity contribution >= 4 is 0 Å². The molecular weight excluding hydrogens is 162 g/mol. The van der Waals surface area contributed by atoms with Crippen LogP contribution in [0.1, 0.15) is 38.0 Å². The molecule has 2 rings (SSSR count). The molecule has 0 spiro atoms. The number of hydrogen-bond acceptors (Lipinski definition) is 2. The van der Waals surface area contributed by atoms with Crippen LogP contribution < -0.4 is 0 Å². The van der Waals surface area contributed by atoms with E-state index in [1.165, 1.54) is 19.3 Å². The number of nitrogens with zero attached hydrogens (tertiary/aromatic N) is 1. The van der Waals surface area contributed by atoms with Crippen molar-refractivity contribution in [1.29, 1.82) is 0 Å². The summed E-state index contributed by atoms with van der Waals surface area (Å²) in [5, 5.41) is 0. The second-order valence-electron chi connectivity index (χ2n) is 3.94. The van der Waals surface area contributed by atoms with Crippen molar-refractivity contribution in [2.24, 2.45) is 0 Å². The lowest BCUT2D eigenvalue weighted by atomic mass is 9.91. The van der Waals surface area contributed by atoms with E-state index >= 15 is 0 Å². The molecule has 1 heterocycles. The Hall–Kier alpha value is -0.760. The molecule has 1 unspecified atom stereocenters. The minimum Gasteiger partial charge on any atom is -0.468 e. The molecule has 1 aromatic rings. The molecule has 0 aliphatic heterocycles. The van der Waals surface area contributed by atoms with Gasteiger partial charge in [0.05, 0.1) is 12.3 Å². The average Bonchev–Trinajstić information content (AvgIpc) is 2.51. The van der Waals surface area contributed by atoms with Gasteiger partial charge in [0.1, 0.15) is 5.76 Å². The first-order valence-electron chi connectivity index (χ1n) is 5.04. The summed E-state index contributed by atoms with van der Waals surface area (Å²) in [5.41, 5.74) is 0. The van der Waals surface area contributed by atoms with Crippen LogP contribution in [0.4, 0.5) is 0 Å². The maximum absolute atomic E-state index is 5.39. The molecule has 1 aliphatic carbocycles. The molecule has 13 heavy (non-hydrogen) atoms. The molecule has 0 amide bonds. The van der Waals surface area contributed by atoms with E-state index in [4.69, 9.17) is 4.42 Å². The molecular formula is C11H17NO. The average molecular weight is 179 g/mol. The Balaban J connectivity index is 1.99. The zero-order valence-electron chi connectivity index (χ0n) is 8.36. The zero-order valence-corrected chi connectivity index (χ0v) is 8.36. The van der Waals surface area contributed by atoms with E-state index in [-0.39, 0.29) is 0 Å². The van der Waals surface area contributed by atoms with Gasteiger partial charge in [0.15, 0.2) is 0 Å². The smallest absolute Gasteiger partial charge is 0.120 e. The molecule has 1 aromatic heterocycles. The maximum atomic E-state index is 5.39. The van der Waals surface area contributed by atoms with Crippen molar-refractivity contribution in [3.63, 3.8) is 0 Å². The summed E-state index contributed by atoms with van der Waals surface area (Å²) < 4.78 is 5.39. The van der Waals surface area contributed by atoms with Gasteiger partial charge in [0.2, 0.25) is 0 Å². The van der Waals surface area contributed by atoms with Crippen LogP contribution in [0.2, 0.25) is 0 Å². The quantitative estimate of drug-likeness (QED) is 0.709. The van der Waals surface area contributed by atoms with Crippen molar-refractivity contribution < 1.29 is 4.42 Å². The normalized spacial score (nSPS) is 20.2. The molecule has 1 fully saturated rings. The Morgan fingerprint density at radius 1 is 1.54 bits per heavy atom. The third-order valence-corrected chi connectivity index (χ3v) is 3.22. The molecule has 0 aromatic carbocycles. The molecule has 0 N–H and O–H groups in total. The van der Waals surface area contributed by atoms with Gasteiger partial charge in [-0.1, -0.05) is 6.42 Å². The van der Waals surface area contributed by atoms with Gasteiger partial charge >= 0.3 is 0 Å². The minimum atomic E-state index is 0.417. The van der Waals surface area contributed by atoms with Crippen LogP contribution in [-0.2, 0) is 0 Å². The first kappa shape index (κ1) is 8.82. The van der Waals surface area contributed by atoms with E-state index in [0.717, 1.165) is 11.8 Å². The summed E-state index contributed by atoms with van der Waals surface area (Å²) in [7, 11) is 2.19. The van der Waals surface area contributed by atoms with E-state index in [0.29, 0.717) is 6.04 Å². The van der Waals surface area contributed by atoms with E-state index in [2.05, 4.69) is 24.9 Å². The third-order valence-electron chi connectivity index (χ3n) is 3.22. The third kappa shape index (κ3) is 1.63. The Bertz CT molecular complexity index is 251. The summed E-state index contributed by atoms with van der Waals surface area (Å²) >= 11 is 0. The van der Waals surface area contributed by atoms with Crippen LogP contribution in [0.15, 0.2) is 22.8 Å². The van der Waals surface area contributed by atoms with Crippen molar-refractivity contribution in [2.75, 3.05) is 7.05 Å². The van der Waals surface area contributed by atoms with Gasteiger partial charge < -0.3 is 4.42 Å². The van der Waals surface area contributed by atoms with Gasteiger partial charge in [0.25, 0.3) is 0 Å². The zero-order chi connectivity index (χ0) is 9.26. The van der Waals surface area contributed by atoms with Gasteiger partial charge in [-0.2, -0.15) is 0 Å². The maximum Gasteiger partial charge on any atom is 0.120 e. The second-order valence-corrected chi connectivity index (χ2v) is 3.94. The molecule has 72 valence electrons. The molecule has 0 saturated heterocycles. The number of hydrogen-bond donors (Lipinski definition) is 0. The lowest BCUT2D eigenvalue weighted by Crippen LogP contribution is -2.38. The van der Waals surface area contributed by atoms with Crippen molar-refractivity contribution in [3.8, 4) is 0 Å². The Morgan fingerprint density at radius 2 is 2.31 bits per heavy atom. The van der Waals surface area contributed by atoms with Crippen LogP contribution in [-0.4, -0.2) is 18.0 Å². The van der Waals surface area contributed by atoms with Crippen LogP contribution >= 0.6 is 0 Å². The fourth-order valence-electron chi connectivity index (χ4n) is 1.84. The van der Waals surface area contributed by atoms with Crippen LogP contribution in [0.5, 0.6) is 0 Å². The Morgan fingerprint density at radius 3 is 2.77 bits per heavy atom. The fraction of sp³-hybridized carbons (Fsp3) is 0.636. The van der Waals surface area contributed by atoms with Gasteiger partial charge in [-0.3, -0.25) is 4.90 Å². The van der Waals surface area contributed by atoms with E-state index in [1.54, 1.807) is 6.26 Å². The van der Waals surface area contributed by atoms with Crippen LogP contribution in [0.25, 0.3) is 0 Å². The highest BCUT2D eigenvalue weighted by molar-refractivity contribution is 5.04. The SMILES string of the molecule is CC(c1ccco1)N(C)C1CCC1. The van der Waals surface area contributed by atoms with Crippen molar-refractivity contribution in [2.45, 2.75) is 38.3 Å². The first-order chi connectivity index (χ1) is 6.29. The van der Waals surface area contributed by atoms with Crippen LogP contribution in [0.3, 0.4) is 0 Å². The lowest BCUT2D eigenvalue weighted by molar-refractivity contribution is 0.107. The summed E-state index contributed by atoms with van der Waals surface area (Å²) in [5.74, 6) is 1.08. The standard InChI is InChI=1S/C11H17NO/c1-9(11-7-4-8-13-11)12(2)10-5-3-6-10/h4,7-10H,3,5-6H2,1-2H3. The molecule has 0 radical (unpaired) electrons. The predicted octanol–water partition coefficient (Wildman–Crippen LogP) is 2.82. The number of rotatable bonds is 3. The highest BCUT2D eigenvalue weighted by Gasteiger charge is 2.26. The first-order valence-corrected chi connectivity index (χ1v) is 5.04. The Kier molecular flexibility index (Phi) is 2.40. The van der Waals surface area contributed by atoms with E-state index < -0.39 is 0 Å². The van der Waals surface area contributed by atoms with Crippen LogP contribution in [0, 0.1) is 0 Å². The highest BCUT2D eigenvalue weighted by atomic mass is 16.3. The fourth-order valence-corrected chi connectivity index (χ4v) is 1.84. The van der Waals surface area contributed by atoms with Crippen molar-refractivity contribution in [1.82, 2.24) is 4.90 Å². The minimum absolute atomic E-state index is 0.417. The lowest BCUT2D eigenvalue weighted by Gasteiger charge is -2.37. The summed E-state index contributed by atoms with van der Waals surface area (Å²) in [6, 6.07) is 5.21. The van der Waals surface area contributed by atoms with Gasteiger partial charge in [-0.05, 0) is 38.9 Å². The Labute approximate surface area is 79.5 Å². The van der Waals surface area contributed by atoms with E-state index in [1.807, 2.05) is 6.07 Å². The largest absolute Gasteiger partial charge is 0.468 e. The molecule has 1 aliphatic rings. The predicted molar refractivity (Wildman–Crippen MR) is 52.5 cm³/mol.